The fourth-order valence-corrected chi connectivity index (χ4v) is 9.97. The van der Waals surface area contributed by atoms with E-state index in [1.165, 1.54) is 0 Å². The van der Waals surface area contributed by atoms with Gasteiger partial charge in [-0.25, -0.2) is 0 Å². The molecule has 0 aromatic carbocycles. The van der Waals surface area contributed by atoms with Crippen LogP contribution in [0.1, 0.15) is 67.2 Å². The van der Waals surface area contributed by atoms with Gasteiger partial charge in [-0.3, -0.25) is 4.79 Å². The van der Waals surface area contributed by atoms with Crippen LogP contribution in [0.3, 0.4) is 0 Å². The summed E-state index contributed by atoms with van der Waals surface area (Å²) in [5.41, 5.74) is -2.15. The SMILES string of the molecule is CC(C)C1=CC2CC3(C=O)[C@@H]4CC[C@@H](C)[C@H]4CC2(CO[C@@H]2O[C@H](C)C4OC(C)(C)OC4[C@H]2O)C13C(=O)O. The molecule has 0 aromatic heterocycles. The van der Waals surface area contributed by atoms with Gasteiger partial charge in [0.1, 0.15) is 30.0 Å². The molecule has 2 aliphatic heterocycles. The van der Waals surface area contributed by atoms with E-state index in [0.29, 0.717) is 18.8 Å². The highest BCUT2D eigenvalue weighted by molar-refractivity contribution is 5.90. The molecule has 4 aliphatic carbocycles. The van der Waals surface area contributed by atoms with Gasteiger partial charge in [0.15, 0.2) is 12.1 Å². The Balaban J connectivity index is 1.39. The number of rotatable bonds is 6. The fourth-order valence-electron chi connectivity index (χ4n) is 9.97. The number of aliphatic hydroxyl groups excluding tert-OH is 1. The van der Waals surface area contributed by atoms with E-state index in [1.54, 1.807) is 0 Å². The van der Waals surface area contributed by atoms with Crippen molar-refractivity contribution in [2.75, 3.05) is 6.61 Å². The van der Waals surface area contributed by atoms with E-state index >= 15 is 0 Å². The molecule has 0 spiro atoms. The summed E-state index contributed by atoms with van der Waals surface area (Å²) in [6.07, 6.45) is 2.92. The third-order valence-corrected chi connectivity index (χ3v) is 11.2. The Bertz CT molecular complexity index is 1020. The van der Waals surface area contributed by atoms with Crippen molar-refractivity contribution in [1.29, 1.82) is 0 Å². The lowest BCUT2D eigenvalue weighted by molar-refractivity contribution is -0.287. The number of ether oxygens (including phenoxy) is 4. The lowest BCUT2D eigenvalue weighted by Gasteiger charge is -2.58. The number of allylic oxidation sites excluding steroid dienone is 1. The third kappa shape index (κ3) is 3.02. The smallest absolute Gasteiger partial charge is 0.315 e. The predicted octanol–water partition coefficient (Wildman–Crippen LogP) is 3.55. The maximum atomic E-state index is 13.6. The van der Waals surface area contributed by atoms with Crippen LogP contribution in [-0.2, 0) is 28.5 Å². The van der Waals surface area contributed by atoms with Gasteiger partial charge in [-0.2, -0.15) is 0 Å². The molecular formula is C29H42O8. The van der Waals surface area contributed by atoms with Crippen LogP contribution in [-0.4, -0.2) is 65.6 Å². The number of aliphatic hydroxyl groups is 1. The second-order valence-electron chi connectivity index (χ2n) is 13.6. The second-order valence-corrected chi connectivity index (χ2v) is 13.6. The first-order chi connectivity index (χ1) is 17.3. The molecule has 0 aromatic rings. The normalized spacial score (nSPS) is 53.2. The molecule has 2 heterocycles. The van der Waals surface area contributed by atoms with Crippen molar-refractivity contribution in [3.8, 4) is 0 Å². The van der Waals surface area contributed by atoms with E-state index < -0.39 is 52.6 Å². The van der Waals surface area contributed by atoms with Crippen LogP contribution in [0.4, 0.5) is 0 Å². The Morgan fingerprint density at radius 1 is 1.19 bits per heavy atom. The van der Waals surface area contributed by atoms with Crippen molar-refractivity contribution in [3.05, 3.63) is 11.6 Å². The fraction of sp³-hybridized carbons (Fsp3) is 0.862. The number of aldehydes is 1. The molecule has 6 rings (SSSR count). The van der Waals surface area contributed by atoms with Crippen molar-refractivity contribution in [2.24, 2.45) is 45.8 Å². The first kappa shape index (κ1) is 25.9. The zero-order valence-corrected chi connectivity index (χ0v) is 22.8. The summed E-state index contributed by atoms with van der Waals surface area (Å²) < 4.78 is 24.5. The van der Waals surface area contributed by atoms with Gasteiger partial charge in [0, 0.05) is 5.41 Å². The van der Waals surface area contributed by atoms with Crippen molar-refractivity contribution in [2.45, 2.75) is 104 Å². The molecule has 3 saturated carbocycles. The number of carboxylic acid groups (broad SMARTS) is 1. The molecule has 6 aliphatic rings. The molecule has 37 heavy (non-hydrogen) atoms. The Hall–Kier alpha value is -1.32. The quantitative estimate of drug-likeness (QED) is 0.406. The number of fused-ring (bicyclic) bond motifs is 3. The highest BCUT2D eigenvalue weighted by Crippen LogP contribution is 2.82. The average Bonchev–Trinajstić information content (AvgIpc) is 3.50. The Labute approximate surface area is 219 Å². The third-order valence-electron chi connectivity index (χ3n) is 11.2. The minimum absolute atomic E-state index is 0.000883. The number of aliphatic carboxylic acids is 1. The summed E-state index contributed by atoms with van der Waals surface area (Å²) in [7, 11) is 0. The summed E-state index contributed by atoms with van der Waals surface area (Å²) >= 11 is 0. The summed E-state index contributed by atoms with van der Waals surface area (Å²) in [4.78, 5) is 26.7. The van der Waals surface area contributed by atoms with Crippen molar-refractivity contribution >= 4 is 12.3 Å². The summed E-state index contributed by atoms with van der Waals surface area (Å²) in [5, 5.41) is 22.3. The topological polar surface area (TPSA) is 112 Å². The van der Waals surface area contributed by atoms with Gasteiger partial charge >= 0.3 is 5.97 Å². The molecule has 2 N–H and O–H groups in total. The first-order valence-corrected chi connectivity index (χ1v) is 14.1. The van der Waals surface area contributed by atoms with Gasteiger partial charge in [0.05, 0.1) is 18.1 Å². The van der Waals surface area contributed by atoms with E-state index in [4.69, 9.17) is 18.9 Å². The average molecular weight is 519 g/mol. The van der Waals surface area contributed by atoms with E-state index in [2.05, 4.69) is 13.0 Å². The number of carbonyl (C=O) groups excluding carboxylic acids is 1. The van der Waals surface area contributed by atoms with Crippen LogP contribution in [0.5, 0.6) is 0 Å². The largest absolute Gasteiger partial charge is 0.481 e. The van der Waals surface area contributed by atoms with Gasteiger partial charge in [0.2, 0.25) is 0 Å². The molecule has 2 saturated heterocycles. The van der Waals surface area contributed by atoms with Gasteiger partial charge < -0.3 is 34.0 Å². The second kappa shape index (κ2) is 8.10. The minimum atomic E-state index is -1.31. The standard InChI is InChI=1S/C29H42O8/c1-14(2)20-9-17-10-27(12-30)19-8-7-15(3)18(19)11-28(17,29(20,27)25(32)33)13-34-24-21(31)23-22(16(4)35-24)36-26(5,6)37-23/h9,12,14-19,21-24,31H,7-8,10-11,13H2,1-6H3,(H,32,33)/t15-,16-,17?,18-,19-,21-,22?,23?,24-,27?,28?,29?/m1/s1. The molecular weight excluding hydrogens is 476 g/mol. The van der Waals surface area contributed by atoms with Crippen molar-refractivity contribution < 1.29 is 38.7 Å². The predicted molar refractivity (Wildman–Crippen MR) is 132 cm³/mol. The number of hydrogen-bond donors (Lipinski definition) is 2. The van der Waals surface area contributed by atoms with Gasteiger partial charge in [-0.05, 0) is 69.6 Å². The zero-order chi connectivity index (χ0) is 26.7. The highest BCUT2D eigenvalue weighted by atomic mass is 16.8. The molecule has 6 unspecified atom stereocenters. The zero-order valence-electron chi connectivity index (χ0n) is 22.8. The van der Waals surface area contributed by atoms with Crippen molar-refractivity contribution in [1.82, 2.24) is 0 Å². The number of hydrogen-bond acceptors (Lipinski definition) is 7. The van der Waals surface area contributed by atoms with E-state index in [9.17, 15) is 19.8 Å². The summed E-state index contributed by atoms with van der Waals surface area (Å²) in [5.74, 6) is -1.04. The van der Waals surface area contributed by atoms with E-state index in [1.807, 2.05) is 34.6 Å². The molecule has 4 bridgehead atoms. The summed E-state index contributed by atoms with van der Waals surface area (Å²) in [6.45, 7) is 11.9. The van der Waals surface area contributed by atoms with Crippen LogP contribution in [0.15, 0.2) is 11.6 Å². The van der Waals surface area contributed by atoms with Crippen LogP contribution < -0.4 is 0 Å². The molecule has 12 atom stereocenters. The van der Waals surface area contributed by atoms with E-state index in [-0.39, 0.29) is 36.4 Å². The van der Waals surface area contributed by atoms with Crippen LogP contribution in [0.2, 0.25) is 0 Å². The van der Waals surface area contributed by atoms with Crippen LogP contribution in [0, 0.1) is 45.8 Å². The van der Waals surface area contributed by atoms with Gasteiger partial charge in [0.25, 0.3) is 0 Å². The van der Waals surface area contributed by atoms with Gasteiger partial charge in [-0.15, -0.1) is 0 Å². The molecule has 0 amide bonds. The molecule has 8 heteroatoms. The van der Waals surface area contributed by atoms with E-state index in [0.717, 1.165) is 24.7 Å². The molecule has 0 radical (unpaired) electrons. The van der Waals surface area contributed by atoms with Crippen LogP contribution >= 0.6 is 0 Å². The van der Waals surface area contributed by atoms with Crippen LogP contribution in [0.25, 0.3) is 0 Å². The highest BCUT2D eigenvalue weighted by Gasteiger charge is 2.84. The Morgan fingerprint density at radius 2 is 1.89 bits per heavy atom. The van der Waals surface area contributed by atoms with Gasteiger partial charge in [-0.1, -0.05) is 38.8 Å². The molecule has 206 valence electrons. The number of carboxylic acids is 1. The molecule has 8 nitrogen and oxygen atoms in total. The maximum absolute atomic E-state index is 13.6. The lowest BCUT2D eigenvalue weighted by Crippen LogP contribution is -2.64. The summed E-state index contributed by atoms with van der Waals surface area (Å²) in [6, 6.07) is 0. The first-order valence-electron chi connectivity index (χ1n) is 14.1. The Morgan fingerprint density at radius 3 is 2.54 bits per heavy atom. The number of carbonyl (C=O) groups is 2. The monoisotopic (exact) mass is 518 g/mol. The van der Waals surface area contributed by atoms with Crippen molar-refractivity contribution in [3.63, 3.8) is 0 Å². The lowest BCUT2D eigenvalue weighted by atomic mass is 9.43. The molecule has 5 fully saturated rings. The minimum Gasteiger partial charge on any atom is -0.481 e. The Kier molecular flexibility index (Phi) is 5.68. The maximum Gasteiger partial charge on any atom is 0.315 e.